The molecule has 0 aliphatic carbocycles. The van der Waals surface area contributed by atoms with E-state index < -0.39 is 0 Å². The van der Waals surface area contributed by atoms with Crippen molar-refractivity contribution < 1.29 is 0 Å². The van der Waals surface area contributed by atoms with E-state index in [0.717, 1.165) is 40.2 Å². The molecule has 230 valence electrons. The number of rotatable bonds is 7. The Balaban J connectivity index is 1.36. The van der Waals surface area contributed by atoms with Crippen molar-refractivity contribution in [3.8, 4) is 16.8 Å². The zero-order chi connectivity index (χ0) is 32.3. The molecule has 0 saturated carbocycles. The average molecular weight is 611 g/mol. The normalized spacial score (nSPS) is 14.3. The van der Waals surface area contributed by atoms with E-state index in [1.165, 1.54) is 43.8 Å². The number of benzene rings is 5. The Labute approximate surface area is 276 Å². The summed E-state index contributed by atoms with van der Waals surface area (Å²) in [6, 6.07) is 37.5. The zero-order valence-corrected chi connectivity index (χ0v) is 26.7. The lowest BCUT2D eigenvalue weighted by Gasteiger charge is -2.13. The van der Waals surface area contributed by atoms with Crippen molar-refractivity contribution in [1.29, 1.82) is 0 Å². The SMILES string of the molecule is C\C=C/C=C(N)/C(=C/N)/C=C(\C)c1ccc2c3ccc4cc(-c5ccc(C6=CC=CCN6)cc5)ccc4c3n(-c3ccccc3)c2c1. The molecule has 47 heavy (non-hydrogen) atoms. The lowest BCUT2D eigenvalue weighted by atomic mass is 9.98. The maximum atomic E-state index is 6.33. The summed E-state index contributed by atoms with van der Waals surface area (Å²) >= 11 is 0. The van der Waals surface area contributed by atoms with Gasteiger partial charge in [0.2, 0.25) is 0 Å². The number of nitrogens with zero attached hydrogens (tertiary/aromatic N) is 1. The first-order valence-corrected chi connectivity index (χ1v) is 16.0. The predicted molar refractivity (Wildman–Crippen MR) is 202 cm³/mol. The molecule has 0 radical (unpaired) electrons. The molecule has 4 nitrogen and oxygen atoms in total. The molecule has 2 heterocycles. The Kier molecular flexibility index (Phi) is 8.07. The van der Waals surface area contributed by atoms with Crippen LogP contribution in [0.2, 0.25) is 0 Å². The minimum atomic E-state index is 0.627. The Morgan fingerprint density at radius 3 is 2.30 bits per heavy atom. The summed E-state index contributed by atoms with van der Waals surface area (Å²) in [7, 11) is 0. The summed E-state index contributed by atoms with van der Waals surface area (Å²) in [5.74, 6) is 0. The van der Waals surface area contributed by atoms with Gasteiger partial charge in [0.05, 0.1) is 11.0 Å². The second-order valence-corrected chi connectivity index (χ2v) is 11.9. The molecule has 5 aromatic carbocycles. The van der Waals surface area contributed by atoms with Gasteiger partial charge in [0.15, 0.2) is 0 Å². The van der Waals surface area contributed by atoms with E-state index in [9.17, 15) is 0 Å². The van der Waals surface area contributed by atoms with Crippen molar-refractivity contribution in [2.45, 2.75) is 13.8 Å². The Morgan fingerprint density at radius 1 is 0.809 bits per heavy atom. The number of para-hydroxylation sites is 1. The van der Waals surface area contributed by atoms with Crippen molar-refractivity contribution in [2.75, 3.05) is 6.54 Å². The van der Waals surface area contributed by atoms with Crippen molar-refractivity contribution in [3.63, 3.8) is 0 Å². The Hall–Kier alpha value is -6.00. The number of hydrogen-bond acceptors (Lipinski definition) is 3. The summed E-state index contributed by atoms with van der Waals surface area (Å²) in [5, 5.41) is 8.31. The minimum Gasteiger partial charge on any atom is -0.404 e. The monoisotopic (exact) mass is 610 g/mol. The van der Waals surface area contributed by atoms with E-state index in [1.54, 1.807) is 6.20 Å². The highest BCUT2D eigenvalue weighted by molar-refractivity contribution is 6.19. The van der Waals surface area contributed by atoms with Gasteiger partial charge in [0.25, 0.3) is 0 Å². The quantitative estimate of drug-likeness (QED) is 0.158. The van der Waals surface area contributed by atoms with Gasteiger partial charge in [-0.2, -0.15) is 0 Å². The maximum absolute atomic E-state index is 6.33. The van der Waals surface area contributed by atoms with Gasteiger partial charge >= 0.3 is 0 Å². The van der Waals surface area contributed by atoms with Crippen molar-refractivity contribution in [2.24, 2.45) is 11.5 Å². The highest BCUT2D eigenvalue weighted by Gasteiger charge is 2.16. The van der Waals surface area contributed by atoms with Crippen LogP contribution in [0.1, 0.15) is 25.0 Å². The zero-order valence-electron chi connectivity index (χ0n) is 26.7. The van der Waals surface area contributed by atoms with Gasteiger partial charge in [-0.05, 0) is 89.6 Å². The van der Waals surface area contributed by atoms with E-state index in [4.69, 9.17) is 11.5 Å². The van der Waals surface area contributed by atoms with Gasteiger partial charge in [-0.25, -0.2) is 0 Å². The average Bonchev–Trinajstić information content (AvgIpc) is 3.47. The number of allylic oxidation sites excluding steroid dienone is 7. The molecule has 1 aliphatic heterocycles. The molecule has 7 rings (SSSR count). The van der Waals surface area contributed by atoms with Crippen LogP contribution < -0.4 is 16.8 Å². The van der Waals surface area contributed by atoms with Gasteiger partial charge in [0, 0.05) is 51.6 Å². The van der Waals surface area contributed by atoms with Crippen LogP contribution >= 0.6 is 0 Å². The second-order valence-electron chi connectivity index (χ2n) is 11.9. The molecule has 0 bridgehead atoms. The van der Waals surface area contributed by atoms with Crippen molar-refractivity contribution in [3.05, 3.63) is 174 Å². The first-order valence-electron chi connectivity index (χ1n) is 16.0. The molecule has 0 saturated heterocycles. The molecule has 6 aromatic rings. The third-order valence-corrected chi connectivity index (χ3v) is 8.91. The third-order valence-electron chi connectivity index (χ3n) is 8.91. The molecule has 0 amide bonds. The molecule has 0 fully saturated rings. The number of hydrogen-bond donors (Lipinski definition) is 3. The molecule has 4 heteroatoms. The first kappa shape index (κ1) is 29.7. The summed E-state index contributed by atoms with van der Waals surface area (Å²) in [6.45, 7) is 4.93. The lowest BCUT2D eigenvalue weighted by molar-refractivity contribution is 0.996. The fourth-order valence-electron chi connectivity index (χ4n) is 6.45. The van der Waals surface area contributed by atoms with Crippen LogP contribution in [0.25, 0.3) is 60.7 Å². The van der Waals surface area contributed by atoms with Crippen molar-refractivity contribution in [1.82, 2.24) is 9.88 Å². The molecule has 0 unspecified atom stereocenters. The molecule has 5 N–H and O–H groups in total. The van der Waals surface area contributed by atoms with Crippen LogP contribution in [0.3, 0.4) is 0 Å². The number of fused-ring (bicyclic) bond motifs is 5. The fourth-order valence-corrected chi connectivity index (χ4v) is 6.45. The third kappa shape index (κ3) is 5.66. The van der Waals surface area contributed by atoms with E-state index in [-0.39, 0.29) is 0 Å². The first-order chi connectivity index (χ1) is 23.1. The van der Waals surface area contributed by atoms with Crippen LogP contribution in [-0.4, -0.2) is 11.1 Å². The van der Waals surface area contributed by atoms with Gasteiger partial charge < -0.3 is 21.4 Å². The van der Waals surface area contributed by atoms with E-state index in [0.29, 0.717) is 5.70 Å². The molecular weight excluding hydrogens is 573 g/mol. The smallest absolute Gasteiger partial charge is 0.0619 e. The van der Waals surface area contributed by atoms with Gasteiger partial charge in [-0.3, -0.25) is 0 Å². The highest BCUT2D eigenvalue weighted by atomic mass is 15.0. The van der Waals surface area contributed by atoms with E-state index in [1.807, 2.05) is 25.2 Å². The Morgan fingerprint density at radius 2 is 1.55 bits per heavy atom. The van der Waals surface area contributed by atoms with Gasteiger partial charge in [0.1, 0.15) is 0 Å². The van der Waals surface area contributed by atoms with Crippen LogP contribution in [0.5, 0.6) is 0 Å². The number of aromatic nitrogens is 1. The summed E-state index contributed by atoms with van der Waals surface area (Å²) < 4.78 is 2.40. The van der Waals surface area contributed by atoms with E-state index >= 15 is 0 Å². The summed E-state index contributed by atoms with van der Waals surface area (Å²) in [6.07, 6.45) is 15.7. The molecule has 1 aliphatic rings. The number of dihydropyridines is 1. The topological polar surface area (TPSA) is 69.0 Å². The molecular formula is C43H38N4. The summed E-state index contributed by atoms with van der Waals surface area (Å²) in [4.78, 5) is 0. The maximum Gasteiger partial charge on any atom is 0.0619 e. The largest absolute Gasteiger partial charge is 0.404 e. The van der Waals surface area contributed by atoms with Crippen LogP contribution in [0.4, 0.5) is 0 Å². The Bertz CT molecular complexity index is 2310. The van der Waals surface area contributed by atoms with Gasteiger partial charge in [-0.1, -0.05) is 103 Å². The summed E-state index contributed by atoms with van der Waals surface area (Å²) in [5.41, 5.74) is 24.2. The van der Waals surface area contributed by atoms with Crippen LogP contribution in [0.15, 0.2) is 163 Å². The van der Waals surface area contributed by atoms with Crippen LogP contribution in [-0.2, 0) is 0 Å². The molecule has 0 spiro atoms. The standard InChI is InChI=1S/C43H38N4/c1-3-4-12-40(45)35(28-44)25-29(2)32-18-22-38-39-23-20-34-26-33(30-14-16-31(17-15-30)41-13-8-9-24-46-41)19-21-37(34)43(39)47(42(38)27-32)36-10-6-5-7-11-36/h3-23,25-28,46H,24,44-45H2,1-2H3/b4-3-,29-25+,35-28+,40-12-. The van der Waals surface area contributed by atoms with Crippen molar-refractivity contribution >= 4 is 43.8 Å². The highest BCUT2D eigenvalue weighted by Crippen LogP contribution is 2.39. The second kappa shape index (κ2) is 12.8. The fraction of sp³-hybridized carbons (Fsp3) is 0.0698. The molecule has 0 atom stereocenters. The number of nitrogens with two attached hydrogens (primary N) is 2. The number of nitrogens with one attached hydrogen (secondary N) is 1. The molecule has 1 aromatic heterocycles. The lowest BCUT2D eigenvalue weighted by Crippen LogP contribution is -2.14. The minimum absolute atomic E-state index is 0.627. The van der Waals surface area contributed by atoms with E-state index in [2.05, 4.69) is 144 Å². The van der Waals surface area contributed by atoms with Gasteiger partial charge in [-0.15, -0.1) is 0 Å². The van der Waals surface area contributed by atoms with Crippen LogP contribution in [0, 0.1) is 0 Å². The predicted octanol–water partition coefficient (Wildman–Crippen LogP) is 9.77.